The van der Waals surface area contributed by atoms with Gasteiger partial charge in [0, 0.05) is 16.2 Å². The molecule has 0 saturated heterocycles. The van der Waals surface area contributed by atoms with E-state index in [0.29, 0.717) is 11.9 Å². The minimum atomic E-state index is 0.451. The molecule has 1 aromatic carbocycles. The van der Waals surface area contributed by atoms with Crippen molar-refractivity contribution >= 4 is 22.6 Å². The van der Waals surface area contributed by atoms with Gasteiger partial charge in [-0.15, -0.1) is 0 Å². The molecule has 0 atom stereocenters. The van der Waals surface area contributed by atoms with E-state index in [1.165, 1.54) is 0 Å². The molecule has 3 nitrogen and oxygen atoms in total. The van der Waals surface area contributed by atoms with Gasteiger partial charge in [0.1, 0.15) is 6.26 Å². The van der Waals surface area contributed by atoms with E-state index in [-0.39, 0.29) is 0 Å². The Labute approximate surface area is 115 Å². The van der Waals surface area contributed by atoms with E-state index in [1.54, 1.807) is 6.26 Å². The minimum Gasteiger partial charge on any atom is -0.444 e. The fraction of sp³-hybridized carbons (Fsp3) is 0.308. The molecule has 0 aliphatic heterocycles. The molecule has 0 bridgehead atoms. The zero-order chi connectivity index (χ0) is 12.3. The second-order valence-corrected chi connectivity index (χ2v) is 5.32. The summed E-state index contributed by atoms with van der Waals surface area (Å²) in [5.41, 5.74) is 1.98. The Morgan fingerprint density at radius 1 is 1.35 bits per heavy atom. The van der Waals surface area contributed by atoms with E-state index in [4.69, 9.17) is 4.42 Å². The van der Waals surface area contributed by atoms with Gasteiger partial charge in [-0.25, -0.2) is 4.98 Å². The van der Waals surface area contributed by atoms with Crippen molar-refractivity contribution in [1.29, 1.82) is 0 Å². The van der Waals surface area contributed by atoms with Gasteiger partial charge in [-0.1, -0.05) is 26.0 Å². The first-order valence-corrected chi connectivity index (χ1v) is 6.67. The molecule has 2 rings (SSSR count). The normalized spacial score (nSPS) is 11.1. The molecule has 0 fully saturated rings. The van der Waals surface area contributed by atoms with E-state index in [2.05, 4.69) is 46.7 Å². The van der Waals surface area contributed by atoms with Gasteiger partial charge in [0.2, 0.25) is 5.89 Å². The van der Waals surface area contributed by atoms with Crippen molar-refractivity contribution in [2.45, 2.75) is 26.4 Å². The van der Waals surface area contributed by atoms with Gasteiger partial charge in [-0.2, -0.15) is 0 Å². The number of nitrogens with zero attached hydrogens (tertiary/aromatic N) is 1. The highest BCUT2D eigenvalue weighted by molar-refractivity contribution is 14.1. The number of oxazole rings is 1. The maximum atomic E-state index is 5.51. The summed E-state index contributed by atoms with van der Waals surface area (Å²) in [6, 6.07) is 8.52. The van der Waals surface area contributed by atoms with Crippen LogP contribution < -0.4 is 5.32 Å². The van der Waals surface area contributed by atoms with Gasteiger partial charge in [0.05, 0.1) is 11.3 Å². The van der Waals surface area contributed by atoms with Gasteiger partial charge < -0.3 is 9.73 Å². The van der Waals surface area contributed by atoms with Crippen LogP contribution in [-0.4, -0.2) is 11.0 Å². The summed E-state index contributed by atoms with van der Waals surface area (Å²) in [4.78, 5) is 4.48. The number of aromatic nitrogens is 1. The number of benzene rings is 1. The van der Waals surface area contributed by atoms with Crippen LogP contribution in [0.2, 0.25) is 0 Å². The first kappa shape index (κ1) is 12.6. The first-order valence-electron chi connectivity index (χ1n) is 5.59. The lowest BCUT2D eigenvalue weighted by Gasteiger charge is -2.04. The van der Waals surface area contributed by atoms with E-state index in [0.717, 1.165) is 21.4 Å². The molecule has 0 radical (unpaired) electrons. The standard InChI is InChI=1S/C13H15IN2O/c1-9(2)15-7-10-8-17-13(16-10)11-5-3-4-6-12(11)14/h3-6,8-9,15H,7H2,1-2H3. The van der Waals surface area contributed by atoms with Crippen LogP contribution in [0.5, 0.6) is 0 Å². The third-order valence-electron chi connectivity index (χ3n) is 2.35. The van der Waals surface area contributed by atoms with Crippen molar-refractivity contribution in [3.8, 4) is 11.5 Å². The molecule has 0 spiro atoms. The summed E-state index contributed by atoms with van der Waals surface area (Å²) in [5, 5.41) is 3.32. The predicted octanol–water partition coefficient (Wildman–Crippen LogP) is 3.44. The van der Waals surface area contributed by atoms with Crippen LogP contribution in [0.3, 0.4) is 0 Å². The van der Waals surface area contributed by atoms with Crippen molar-refractivity contribution in [2.24, 2.45) is 0 Å². The Bertz CT molecular complexity index is 494. The zero-order valence-electron chi connectivity index (χ0n) is 9.90. The van der Waals surface area contributed by atoms with Gasteiger partial charge in [-0.05, 0) is 34.7 Å². The van der Waals surface area contributed by atoms with Gasteiger partial charge in [0.25, 0.3) is 0 Å². The molecule has 2 aromatic rings. The molecule has 1 heterocycles. The van der Waals surface area contributed by atoms with Crippen LogP contribution in [0.15, 0.2) is 34.9 Å². The van der Waals surface area contributed by atoms with Crippen molar-refractivity contribution < 1.29 is 4.42 Å². The summed E-state index contributed by atoms with van der Waals surface area (Å²) >= 11 is 2.29. The summed E-state index contributed by atoms with van der Waals surface area (Å²) in [6.45, 7) is 4.97. The molecule has 0 aliphatic rings. The van der Waals surface area contributed by atoms with Crippen LogP contribution in [0.4, 0.5) is 0 Å². The van der Waals surface area contributed by atoms with Gasteiger partial charge in [0.15, 0.2) is 0 Å². The van der Waals surface area contributed by atoms with Crippen LogP contribution in [0.25, 0.3) is 11.5 Å². The lowest BCUT2D eigenvalue weighted by atomic mass is 10.2. The summed E-state index contributed by atoms with van der Waals surface area (Å²) in [6.07, 6.45) is 1.72. The summed E-state index contributed by atoms with van der Waals surface area (Å²) < 4.78 is 6.66. The molecule has 1 aromatic heterocycles. The van der Waals surface area contributed by atoms with E-state index < -0.39 is 0 Å². The van der Waals surface area contributed by atoms with Crippen LogP contribution in [0, 0.1) is 3.57 Å². The van der Waals surface area contributed by atoms with E-state index >= 15 is 0 Å². The zero-order valence-corrected chi connectivity index (χ0v) is 12.1. The van der Waals surface area contributed by atoms with E-state index in [1.807, 2.05) is 24.3 Å². The molecule has 90 valence electrons. The third kappa shape index (κ3) is 3.29. The van der Waals surface area contributed by atoms with Gasteiger partial charge in [-0.3, -0.25) is 0 Å². The highest BCUT2D eigenvalue weighted by Crippen LogP contribution is 2.24. The fourth-order valence-electron chi connectivity index (χ4n) is 1.46. The SMILES string of the molecule is CC(C)NCc1coc(-c2ccccc2I)n1. The average Bonchev–Trinajstić information content (AvgIpc) is 2.75. The largest absolute Gasteiger partial charge is 0.444 e. The number of nitrogens with one attached hydrogen (secondary N) is 1. The highest BCUT2D eigenvalue weighted by Gasteiger charge is 2.09. The Balaban J connectivity index is 2.16. The van der Waals surface area contributed by atoms with Crippen LogP contribution in [-0.2, 0) is 6.54 Å². The maximum absolute atomic E-state index is 5.51. The topological polar surface area (TPSA) is 38.1 Å². The average molecular weight is 342 g/mol. The molecular weight excluding hydrogens is 327 g/mol. The molecule has 17 heavy (non-hydrogen) atoms. The summed E-state index contributed by atoms with van der Waals surface area (Å²) in [5.74, 6) is 0.690. The van der Waals surface area contributed by atoms with Crippen molar-refractivity contribution in [2.75, 3.05) is 0 Å². The fourth-order valence-corrected chi connectivity index (χ4v) is 2.07. The monoisotopic (exact) mass is 342 g/mol. The highest BCUT2D eigenvalue weighted by atomic mass is 127. The van der Waals surface area contributed by atoms with Crippen molar-refractivity contribution in [3.63, 3.8) is 0 Å². The second kappa shape index (κ2) is 5.64. The summed E-state index contributed by atoms with van der Waals surface area (Å²) in [7, 11) is 0. The van der Waals surface area contributed by atoms with Crippen LogP contribution >= 0.6 is 22.6 Å². The Kier molecular flexibility index (Phi) is 4.17. The smallest absolute Gasteiger partial charge is 0.227 e. The minimum absolute atomic E-state index is 0.451. The number of rotatable bonds is 4. The Hall–Kier alpha value is -0.880. The van der Waals surface area contributed by atoms with Gasteiger partial charge >= 0.3 is 0 Å². The van der Waals surface area contributed by atoms with Crippen LogP contribution in [0.1, 0.15) is 19.5 Å². The van der Waals surface area contributed by atoms with Crippen molar-refractivity contribution in [3.05, 3.63) is 39.8 Å². The molecule has 1 N–H and O–H groups in total. The Morgan fingerprint density at radius 3 is 2.82 bits per heavy atom. The number of hydrogen-bond acceptors (Lipinski definition) is 3. The molecular formula is C13H15IN2O. The molecule has 0 amide bonds. The molecule has 4 heteroatoms. The maximum Gasteiger partial charge on any atom is 0.227 e. The predicted molar refractivity (Wildman–Crippen MR) is 76.6 cm³/mol. The lowest BCUT2D eigenvalue weighted by molar-refractivity contribution is 0.560. The molecule has 0 saturated carbocycles. The number of hydrogen-bond donors (Lipinski definition) is 1. The van der Waals surface area contributed by atoms with E-state index in [9.17, 15) is 0 Å². The Morgan fingerprint density at radius 2 is 2.12 bits per heavy atom. The molecule has 0 unspecified atom stereocenters. The molecule has 0 aliphatic carbocycles. The lowest BCUT2D eigenvalue weighted by Crippen LogP contribution is -2.21. The third-order valence-corrected chi connectivity index (χ3v) is 3.29. The second-order valence-electron chi connectivity index (χ2n) is 4.16. The first-order chi connectivity index (χ1) is 8.16. The quantitative estimate of drug-likeness (QED) is 0.865. The number of halogens is 1. The van der Waals surface area contributed by atoms with Crippen molar-refractivity contribution in [1.82, 2.24) is 10.3 Å².